The fourth-order valence-electron chi connectivity index (χ4n) is 3.34. The predicted octanol–water partition coefficient (Wildman–Crippen LogP) is 6.48. The topological polar surface area (TPSA) is 31.4 Å². The quantitative estimate of drug-likeness (QED) is 0.383. The summed E-state index contributed by atoms with van der Waals surface area (Å²) >= 11 is 0. The van der Waals surface area contributed by atoms with Crippen LogP contribution in [0.5, 0.6) is 11.5 Å². The molecule has 1 heterocycles. The molecule has 0 radical (unpaired) electrons. The SMILES string of the molecule is CCOc1ccc(-c2cc3ccccc3nc2C=Cc2ccccc2)cc1OC. The van der Waals surface area contributed by atoms with Crippen molar-refractivity contribution in [1.29, 1.82) is 0 Å². The number of aromatic nitrogens is 1. The van der Waals surface area contributed by atoms with Gasteiger partial charge in [0.15, 0.2) is 11.5 Å². The standard InChI is InChI=1S/C26H23NO2/c1-3-29-25-16-14-20(18-26(25)28-2)22-17-21-11-7-8-12-23(21)27-24(22)15-13-19-9-5-4-6-10-19/h4-18H,3H2,1-2H3. The summed E-state index contributed by atoms with van der Waals surface area (Å²) in [5, 5.41) is 1.10. The maximum Gasteiger partial charge on any atom is 0.161 e. The number of rotatable bonds is 6. The Bertz CT molecular complexity index is 1150. The molecular formula is C26H23NO2. The lowest BCUT2D eigenvalue weighted by molar-refractivity contribution is 0.311. The Morgan fingerprint density at radius 3 is 2.41 bits per heavy atom. The fraction of sp³-hybridized carbons (Fsp3) is 0.115. The molecule has 0 aliphatic rings. The van der Waals surface area contributed by atoms with Gasteiger partial charge in [-0.05, 0) is 48.4 Å². The second-order valence-corrected chi connectivity index (χ2v) is 6.66. The van der Waals surface area contributed by atoms with Crippen molar-refractivity contribution in [2.24, 2.45) is 0 Å². The molecule has 0 bridgehead atoms. The zero-order chi connectivity index (χ0) is 20.1. The van der Waals surface area contributed by atoms with Crippen LogP contribution >= 0.6 is 0 Å². The van der Waals surface area contributed by atoms with Crippen molar-refractivity contribution in [3.8, 4) is 22.6 Å². The smallest absolute Gasteiger partial charge is 0.161 e. The molecule has 4 aromatic rings. The third-order valence-corrected chi connectivity index (χ3v) is 4.76. The minimum atomic E-state index is 0.596. The molecular weight excluding hydrogens is 358 g/mol. The average molecular weight is 381 g/mol. The van der Waals surface area contributed by atoms with Gasteiger partial charge in [-0.2, -0.15) is 0 Å². The van der Waals surface area contributed by atoms with Gasteiger partial charge in [-0.3, -0.25) is 0 Å². The fourth-order valence-corrected chi connectivity index (χ4v) is 3.34. The van der Waals surface area contributed by atoms with Crippen LogP contribution in [-0.4, -0.2) is 18.7 Å². The van der Waals surface area contributed by atoms with E-state index in [9.17, 15) is 0 Å². The minimum Gasteiger partial charge on any atom is -0.493 e. The number of pyridine rings is 1. The minimum absolute atomic E-state index is 0.596. The van der Waals surface area contributed by atoms with Crippen molar-refractivity contribution >= 4 is 23.1 Å². The number of para-hydroxylation sites is 1. The van der Waals surface area contributed by atoms with Crippen molar-refractivity contribution in [2.45, 2.75) is 6.92 Å². The van der Waals surface area contributed by atoms with Crippen LogP contribution in [0.1, 0.15) is 18.2 Å². The van der Waals surface area contributed by atoms with Crippen LogP contribution in [0.2, 0.25) is 0 Å². The van der Waals surface area contributed by atoms with Gasteiger partial charge in [0, 0.05) is 10.9 Å². The van der Waals surface area contributed by atoms with Crippen LogP contribution in [0.25, 0.3) is 34.2 Å². The molecule has 3 nitrogen and oxygen atoms in total. The molecule has 4 rings (SSSR count). The van der Waals surface area contributed by atoms with Crippen LogP contribution in [0.15, 0.2) is 78.9 Å². The molecule has 0 fully saturated rings. The highest BCUT2D eigenvalue weighted by Gasteiger charge is 2.11. The lowest BCUT2D eigenvalue weighted by atomic mass is 10.00. The first-order valence-electron chi connectivity index (χ1n) is 9.72. The molecule has 0 atom stereocenters. The maximum atomic E-state index is 5.67. The number of nitrogens with zero attached hydrogens (tertiary/aromatic N) is 1. The van der Waals surface area contributed by atoms with E-state index in [1.165, 1.54) is 0 Å². The molecule has 0 saturated heterocycles. The van der Waals surface area contributed by atoms with Crippen LogP contribution < -0.4 is 9.47 Å². The molecule has 3 heteroatoms. The largest absolute Gasteiger partial charge is 0.493 e. The van der Waals surface area contributed by atoms with Crippen molar-refractivity contribution in [3.63, 3.8) is 0 Å². The van der Waals surface area contributed by atoms with E-state index in [1.807, 2.05) is 55.5 Å². The first kappa shape index (κ1) is 18.8. The summed E-state index contributed by atoms with van der Waals surface area (Å²) in [4.78, 5) is 4.92. The molecule has 0 aliphatic heterocycles. The van der Waals surface area contributed by atoms with Gasteiger partial charge in [-0.25, -0.2) is 4.98 Å². The van der Waals surface area contributed by atoms with Crippen LogP contribution in [-0.2, 0) is 0 Å². The van der Waals surface area contributed by atoms with Gasteiger partial charge in [-0.15, -0.1) is 0 Å². The lowest BCUT2D eigenvalue weighted by Gasteiger charge is -2.13. The van der Waals surface area contributed by atoms with Crippen molar-refractivity contribution in [2.75, 3.05) is 13.7 Å². The van der Waals surface area contributed by atoms with E-state index in [-0.39, 0.29) is 0 Å². The molecule has 0 N–H and O–H groups in total. The summed E-state index contributed by atoms with van der Waals surface area (Å²) in [6.45, 7) is 2.56. The molecule has 0 spiro atoms. The monoisotopic (exact) mass is 381 g/mol. The van der Waals surface area contributed by atoms with Crippen LogP contribution in [0.3, 0.4) is 0 Å². The Morgan fingerprint density at radius 1 is 0.828 bits per heavy atom. The highest BCUT2D eigenvalue weighted by Crippen LogP contribution is 2.35. The van der Waals surface area contributed by atoms with Crippen molar-refractivity contribution in [3.05, 3.63) is 90.1 Å². The zero-order valence-electron chi connectivity index (χ0n) is 16.6. The average Bonchev–Trinajstić information content (AvgIpc) is 2.78. The lowest BCUT2D eigenvalue weighted by Crippen LogP contribution is -1.96. The van der Waals surface area contributed by atoms with Gasteiger partial charge in [0.2, 0.25) is 0 Å². The molecule has 144 valence electrons. The van der Waals surface area contributed by atoms with Gasteiger partial charge >= 0.3 is 0 Å². The molecule has 3 aromatic carbocycles. The molecule has 0 aliphatic carbocycles. The van der Waals surface area contributed by atoms with E-state index >= 15 is 0 Å². The van der Waals surface area contributed by atoms with E-state index < -0.39 is 0 Å². The normalized spacial score (nSPS) is 11.1. The number of hydrogen-bond donors (Lipinski definition) is 0. The third-order valence-electron chi connectivity index (χ3n) is 4.76. The van der Waals surface area contributed by atoms with E-state index in [1.54, 1.807) is 7.11 Å². The van der Waals surface area contributed by atoms with E-state index in [2.05, 4.69) is 42.5 Å². The summed E-state index contributed by atoms with van der Waals surface area (Å²) in [6.07, 6.45) is 4.16. The number of ether oxygens (including phenoxy) is 2. The van der Waals surface area contributed by atoms with E-state index in [0.717, 1.165) is 44.8 Å². The maximum absolute atomic E-state index is 5.67. The third kappa shape index (κ3) is 4.14. The van der Waals surface area contributed by atoms with Gasteiger partial charge in [0.25, 0.3) is 0 Å². The van der Waals surface area contributed by atoms with Gasteiger partial charge in [0.05, 0.1) is 24.9 Å². The Balaban J connectivity index is 1.85. The molecule has 0 unspecified atom stereocenters. The summed E-state index contributed by atoms with van der Waals surface area (Å²) in [7, 11) is 1.66. The van der Waals surface area contributed by atoms with Gasteiger partial charge in [0.1, 0.15) is 0 Å². The Kier molecular flexibility index (Phi) is 5.57. The van der Waals surface area contributed by atoms with Gasteiger partial charge < -0.3 is 9.47 Å². The van der Waals surface area contributed by atoms with E-state index in [0.29, 0.717) is 6.61 Å². The molecule has 29 heavy (non-hydrogen) atoms. The molecule has 0 saturated carbocycles. The summed E-state index contributed by atoms with van der Waals surface area (Å²) in [5.74, 6) is 1.46. The first-order chi connectivity index (χ1) is 14.3. The molecule has 0 amide bonds. The molecule has 1 aromatic heterocycles. The Morgan fingerprint density at radius 2 is 1.62 bits per heavy atom. The van der Waals surface area contributed by atoms with Crippen molar-refractivity contribution < 1.29 is 9.47 Å². The Hall–Kier alpha value is -3.59. The number of fused-ring (bicyclic) bond motifs is 1. The van der Waals surface area contributed by atoms with E-state index in [4.69, 9.17) is 14.5 Å². The highest BCUT2D eigenvalue weighted by atomic mass is 16.5. The highest BCUT2D eigenvalue weighted by molar-refractivity contribution is 5.89. The number of benzene rings is 3. The second-order valence-electron chi connectivity index (χ2n) is 6.66. The van der Waals surface area contributed by atoms with Crippen molar-refractivity contribution in [1.82, 2.24) is 4.98 Å². The second kappa shape index (κ2) is 8.61. The Labute approximate surface area is 171 Å². The zero-order valence-corrected chi connectivity index (χ0v) is 16.6. The predicted molar refractivity (Wildman–Crippen MR) is 120 cm³/mol. The van der Waals surface area contributed by atoms with Crippen LogP contribution in [0, 0.1) is 0 Å². The summed E-state index contributed by atoms with van der Waals surface area (Å²) in [6, 6.07) is 26.6. The number of methoxy groups -OCH3 is 1. The van der Waals surface area contributed by atoms with Crippen LogP contribution in [0.4, 0.5) is 0 Å². The first-order valence-corrected chi connectivity index (χ1v) is 9.72. The summed E-state index contributed by atoms with van der Waals surface area (Å²) < 4.78 is 11.2. The number of hydrogen-bond acceptors (Lipinski definition) is 3. The van der Waals surface area contributed by atoms with Gasteiger partial charge in [-0.1, -0.05) is 60.7 Å². The summed E-state index contributed by atoms with van der Waals surface area (Å²) in [5.41, 5.74) is 5.12.